The Morgan fingerprint density at radius 3 is 2.65 bits per heavy atom. The molecule has 2 rings (SSSR count). The van der Waals surface area contributed by atoms with Crippen LogP contribution in [0.2, 0.25) is 0 Å². The molecule has 1 fully saturated rings. The molecular weight excluding hydrogens is 348 g/mol. The second-order valence-corrected chi connectivity index (χ2v) is 5.53. The molecule has 2 atom stereocenters. The minimum Gasteiger partial charge on any atom is -0.477 e. The van der Waals surface area contributed by atoms with Crippen LogP contribution in [-0.4, -0.2) is 66.0 Å². The Morgan fingerprint density at radius 1 is 1.42 bits per heavy atom. The molecule has 2 aliphatic rings. The molecule has 10 heteroatoms. The second kappa shape index (κ2) is 7.56. The van der Waals surface area contributed by atoms with Crippen LogP contribution in [0.25, 0.3) is 0 Å². The first kappa shape index (κ1) is 19.4. The fraction of sp³-hybridized carbons (Fsp3) is 0.500. The summed E-state index contributed by atoms with van der Waals surface area (Å²) in [5.74, 6) is -3.03. The number of β-lactam (4-membered cyclic amide) rings is 1. The zero-order valence-corrected chi connectivity index (χ0v) is 14.4. The van der Waals surface area contributed by atoms with E-state index in [9.17, 15) is 24.3 Å². The van der Waals surface area contributed by atoms with Crippen molar-refractivity contribution in [2.24, 2.45) is 0 Å². The van der Waals surface area contributed by atoms with E-state index in [2.05, 4.69) is 11.9 Å². The molecule has 0 aromatic heterocycles. The number of methoxy groups -OCH3 is 1. The average Bonchev–Trinajstić information content (AvgIpc) is 2.62. The van der Waals surface area contributed by atoms with Gasteiger partial charge in [0.25, 0.3) is 5.91 Å². The van der Waals surface area contributed by atoms with E-state index in [4.69, 9.17) is 14.2 Å². The Morgan fingerprint density at radius 2 is 2.12 bits per heavy atom. The van der Waals surface area contributed by atoms with Crippen molar-refractivity contribution in [3.05, 3.63) is 23.9 Å². The van der Waals surface area contributed by atoms with E-state index in [1.807, 2.05) is 0 Å². The number of esters is 1. The monoisotopic (exact) mass is 368 g/mol. The van der Waals surface area contributed by atoms with Crippen LogP contribution in [0.3, 0.4) is 0 Å². The molecule has 26 heavy (non-hydrogen) atoms. The summed E-state index contributed by atoms with van der Waals surface area (Å²) in [7, 11) is 1.22. The lowest BCUT2D eigenvalue weighted by atomic mass is 9.80. The predicted octanol–water partition coefficient (Wildman–Crippen LogP) is 0.148. The Bertz CT molecular complexity index is 686. The Labute approximate surface area is 149 Å². The van der Waals surface area contributed by atoms with Gasteiger partial charge in [0.1, 0.15) is 12.3 Å². The maximum Gasteiger partial charge on any atom is 0.410 e. The average molecular weight is 368 g/mol. The lowest BCUT2D eigenvalue weighted by Crippen LogP contribution is -2.81. The number of aliphatic carboxylic acids is 1. The highest BCUT2D eigenvalue weighted by Gasteiger charge is 2.66. The van der Waals surface area contributed by atoms with E-state index >= 15 is 0 Å². The molecule has 0 unspecified atom stereocenters. The SMILES string of the molecule is C=CCOC(=O)N[C@]1(OC)C(=O)N2C(C(=O)O)=C(C(=O)OCC)CC[C@H]21. The normalized spacial score (nSPS) is 24.3. The molecule has 0 aromatic rings. The van der Waals surface area contributed by atoms with Crippen LogP contribution in [0.4, 0.5) is 4.79 Å². The lowest BCUT2D eigenvalue weighted by molar-refractivity contribution is -0.203. The van der Waals surface area contributed by atoms with Crippen LogP contribution in [-0.2, 0) is 28.6 Å². The molecule has 1 saturated heterocycles. The Hall–Kier alpha value is -2.88. The third kappa shape index (κ3) is 3.03. The van der Waals surface area contributed by atoms with E-state index in [0.29, 0.717) is 0 Å². The zero-order chi connectivity index (χ0) is 19.5. The molecule has 0 spiro atoms. The molecule has 0 bridgehead atoms. The first-order valence-electron chi connectivity index (χ1n) is 7.92. The van der Waals surface area contributed by atoms with E-state index in [-0.39, 0.29) is 31.6 Å². The summed E-state index contributed by atoms with van der Waals surface area (Å²) < 4.78 is 14.9. The van der Waals surface area contributed by atoms with Crippen molar-refractivity contribution in [3.8, 4) is 0 Å². The maximum atomic E-state index is 12.7. The van der Waals surface area contributed by atoms with E-state index in [0.717, 1.165) is 4.90 Å². The van der Waals surface area contributed by atoms with Crippen molar-refractivity contribution in [1.82, 2.24) is 10.2 Å². The molecule has 0 saturated carbocycles. The highest BCUT2D eigenvalue weighted by atomic mass is 16.6. The van der Waals surface area contributed by atoms with Crippen LogP contribution in [0.1, 0.15) is 19.8 Å². The van der Waals surface area contributed by atoms with Crippen molar-refractivity contribution in [2.45, 2.75) is 31.5 Å². The number of carbonyl (C=O) groups is 4. The summed E-state index contributed by atoms with van der Waals surface area (Å²) in [6.07, 6.45) is 0.706. The highest BCUT2D eigenvalue weighted by molar-refractivity contribution is 6.07. The van der Waals surface area contributed by atoms with Gasteiger partial charge < -0.3 is 19.3 Å². The number of carboxylic acids is 1. The number of amides is 2. The van der Waals surface area contributed by atoms with Crippen LogP contribution in [0, 0.1) is 0 Å². The van der Waals surface area contributed by atoms with Gasteiger partial charge in [-0.2, -0.15) is 0 Å². The number of nitrogens with zero attached hydrogens (tertiary/aromatic N) is 1. The van der Waals surface area contributed by atoms with Gasteiger partial charge in [-0.15, -0.1) is 0 Å². The fourth-order valence-electron chi connectivity index (χ4n) is 3.10. The van der Waals surface area contributed by atoms with Crippen molar-refractivity contribution in [1.29, 1.82) is 0 Å². The van der Waals surface area contributed by atoms with Gasteiger partial charge in [-0.3, -0.25) is 15.0 Å². The number of nitrogens with one attached hydrogen (secondary N) is 1. The van der Waals surface area contributed by atoms with Crippen molar-refractivity contribution in [3.63, 3.8) is 0 Å². The molecule has 0 radical (unpaired) electrons. The van der Waals surface area contributed by atoms with E-state index < -0.39 is 41.4 Å². The van der Waals surface area contributed by atoms with Gasteiger partial charge in [-0.05, 0) is 19.8 Å². The molecule has 10 nitrogen and oxygen atoms in total. The molecule has 2 amide bonds. The summed E-state index contributed by atoms with van der Waals surface area (Å²) in [5.41, 5.74) is -2.30. The molecule has 2 N–H and O–H groups in total. The van der Waals surface area contributed by atoms with Gasteiger partial charge >= 0.3 is 18.0 Å². The fourth-order valence-corrected chi connectivity index (χ4v) is 3.10. The third-order valence-electron chi connectivity index (χ3n) is 4.18. The van der Waals surface area contributed by atoms with Gasteiger partial charge in [0.15, 0.2) is 0 Å². The highest BCUT2D eigenvalue weighted by Crippen LogP contribution is 2.43. The topological polar surface area (TPSA) is 131 Å². The molecular formula is C16H20N2O8. The zero-order valence-electron chi connectivity index (χ0n) is 14.4. The van der Waals surface area contributed by atoms with Crippen LogP contribution >= 0.6 is 0 Å². The summed E-state index contributed by atoms with van der Waals surface area (Å²) in [4.78, 5) is 49.1. The summed E-state index contributed by atoms with van der Waals surface area (Å²) in [6, 6.07) is -0.791. The minimum absolute atomic E-state index is 0.0589. The number of carboxylic acid groups (broad SMARTS) is 1. The van der Waals surface area contributed by atoms with E-state index in [1.54, 1.807) is 6.92 Å². The van der Waals surface area contributed by atoms with Crippen molar-refractivity contribution in [2.75, 3.05) is 20.3 Å². The van der Waals surface area contributed by atoms with Crippen molar-refractivity contribution < 1.29 is 38.5 Å². The van der Waals surface area contributed by atoms with Gasteiger partial charge in [-0.1, -0.05) is 12.7 Å². The quantitative estimate of drug-likeness (QED) is 0.281. The third-order valence-corrected chi connectivity index (χ3v) is 4.18. The number of carbonyl (C=O) groups excluding carboxylic acids is 3. The molecule has 0 aliphatic carbocycles. The number of rotatable bonds is 7. The van der Waals surface area contributed by atoms with Crippen molar-refractivity contribution >= 4 is 23.9 Å². The minimum atomic E-state index is -1.75. The smallest absolute Gasteiger partial charge is 0.410 e. The summed E-state index contributed by atoms with van der Waals surface area (Å²) in [6.45, 7) is 5.00. The Balaban J connectivity index is 2.32. The number of ether oxygens (including phenoxy) is 3. The molecule has 142 valence electrons. The largest absolute Gasteiger partial charge is 0.477 e. The van der Waals surface area contributed by atoms with Gasteiger partial charge in [0, 0.05) is 7.11 Å². The first-order chi connectivity index (χ1) is 12.3. The molecule has 0 aromatic carbocycles. The lowest BCUT2D eigenvalue weighted by Gasteiger charge is -2.56. The Kier molecular flexibility index (Phi) is 5.66. The predicted molar refractivity (Wildman–Crippen MR) is 85.6 cm³/mol. The van der Waals surface area contributed by atoms with Crippen LogP contribution in [0.15, 0.2) is 23.9 Å². The maximum absolute atomic E-state index is 12.7. The number of alkyl carbamates (subject to hydrolysis) is 1. The number of hydrogen-bond donors (Lipinski definition) is 2. The van der Waals surface area contributed by atoms with Gasteiger partial charge in [-0.25, -0.2) is 14.4 Å². The van der Waals surface area contributed by atoms with Gasteiger partial charge in [0.05, 0.1) is 18.2 Å². The van der Waals surface area contributed by atoms with Gasteiger partial charge in [0.2, 0.25) is 5.72 Å². The molecule has 2 aliphatic heterocycles. The number of fused-ring (bicyclic) bond motifs is 1. The summed E-state index contributed by atoms with van der Waals surface area (Å²) in [5, 5.41) is 11.8. The standard InChI is InChI=1S/C16H20N2O8/c1-4-8-26-15(23)17-16(24-3)10-7-6-9(13(21)25-5-2)11(12(19)20)18(10)14(16)22/h4,10H,1,5-8H2,2-3H3,(H,17,23)(H,19,20)/t10-,16+/m0/s1. The second-order valence-electron chi connectivity index (χ2n) is 5.53. The number of hydrogen-bond acceptors (Lipinski definition) is 7. The van der Waals surface area contributed by atoms with Crippen LogP contribution in [0.5, 0.6) is 0 Å². The summed E-state index contributed by atoms with van der Waals surface area (Å²) >= 11 is 0. The molecule has 2 heterocycles. The first-order valence-corrected chi connectivity index (χ1v) is 7.92. The van der Waals surface area contributed by atoms with Crippen LogP contribution < -0.4 is 5.32 Å². The van der Waals surface area contributed by atoms with E-state index in [1.165, 1.54) is 13.2 Å².